The van der Waals surface area contributed by atoms with Gasteiger partial charge in [-0.2, -0.15) is 10.2 Å². The van der Waals surface area contributed by atoms with Crippen LogP contribution in [0.25, 0.3) is 12.2 Å². The average molecular weight is 202 g/mol. The van der Waals surface area contributed by atoms with Crippen molar-refractivity contribution in [1.29, 1.82) is 0 Å². The molecule has 1 aliphatic rings. The van der Waals surface area contributed by atoms with Crippen molar-refractivity contribution in [3.63, 3.8) is 0 Å². The van der Waals surface area contributed by atoms with E-state index in [1.165, 1.54) is 0 Å². The van der Waals surface area contributed by atoms with Crippen LogP contribution in [0, 0.1) is 5.41 Å². The second-order valence-electron chi connectivity index (χ2n) is 3.89. The van der Waals surface area contributed by atoms with Gasteiger partial charge < -0.3 is 0 Å². The van der Waals surface area contributed by atoms with Crippen LogP contribution in [0.15, 0.2) is 24.5 Å². The lowest BCUT2D eigenvalue weighted by Crippen LogP contribution is -2.27. The van der Waals surface area contributed by atoms with Crippen LogP contribution in [0.1, 0.15) is 27.7 Å². The third-order valence-electron chi connectivity index (χ3n) is 2.12. The zero-order chi connectivity index (χ0) is 11.3. The quantitative estimate of drug-likeness (QED) is 0.639. The smallest absolute Gasteiger partial charge is 0.0574 e. The Kier molecular flexibility index (Phi) is 3.78. The summed E-state index contributed by atoms with van der Waals surface area (Å²) in [6.07, 6.45) is 12.1. The van der Waals surface area contributed by atoms with Crippen LogP contribution in [0.2, 0.25) is 0 Å². The van der Waals surface area contributed by atoms with Gasteiger partial charge in [0.1, 0.15) is 0 Å². The molecule has 0 aromatic carbocycles. The van der Waals surface area contributed by atoms with Crippen LogP contribution in [0.5, 0.6) is 0 Å². The first-order chi connectivity index (χ1) is 7.17. The fourth-order valence-electron chi connectivity index (χ4n) is 1.45. The number of aromatic nitrogens is 2. The summed E-state index contributed by atoms with van der Waals surface area (Å²) in [5, 5.41) is 10.0. The molecule has 2 nitrogen and oxygen atoms in total. The fourth-order valence-corrected chi connectivity index (χ4v) is 1.45. The third kappa shape index (κ3) is 3.01. The Morgan fingerprint density at radius 1 is 1.00 bits per heavy atom. The molecule has 0 aliphatic heterocycles. The van der Waals surface area contributed by atoms with Gasteiger partial charge in [-0.15, -0.1) is 0 Å². The van der Waals surface area contributed by atoms with Crippen LogP contribution in [-0.4, -0.2) is 10.2 Å². The highest BCUT2D eigenvalue weighted by molar-refractivity contribution is 5.47. The lowest BCUT2D eigenvalue weighted by Gasteiger charge is -2.12. The van der Waals surface area contributed by atoms with Crippen LogP contribution in [0.3, 0.4) is 0 Å². The predicted molar refractivity (Wildman–Crippen MR) is 64.5 cm³/mol. The second-order valence-corrected chi connectivity index (χ2v) is 3.89. The van der Waals surface area contributed by atoms with E-state index in [0.29, 0.717) is 0 Å². The number of rotatable bonds is 0. The Bertz CT molecular complexity index is 456. The number of allylic oxidation sites excluding steroid dienone is 2. The van der Waals surface area contributed by atoms with Crippen LogP contribution >= 0.6 is 0 Å². The molecule has 0 fully saturated rings. The zero-order valence-corrected chi connectivity index (χ0v) is 9.86. The maximum atomic E-state index is 3.88. The Balaban J connectivity index is 0.000000531. The molecule has 15 heavy (non-hydrogen) atoms. The van der Waals surface area contributed by atoms with Crippen molar-refractivity contribution in [2.24, 2.45) is 5.41 Å². The molecule has 1 aliphatic carbocycles. The highest BCUT2D eigenvalue weighted by Crippen LogP contribution is 2.19. The van der Waals surface area contributed by atoms with E-state index in [2.05, 4.69) is 48.3 Å². The van der Waals surface area contributed by atoms with Gasteiger partial charge in [0.25, 0.3) is 0 Å². The van der Waals surface area contributed by atoms with Gasteiger partial charge in [0.05, 0.1) is 12.4 Å². The van der Waals surface area contributed by atoms with E-state index in [4.69, 9.17) is 0 Å². The average Bonchev–Trinajstić information content (AvgIpc) is 2.37. The molecule has 0 unspecified atom stereocenters. The van der Waals surface area contributed by atoms with Crippen molar-refractivity contribution in [2.75, 3.05) is 0 Å². The van der Waals surface area contributed by atoms with E-state index >= 15 is 0 Å². The fraction of sp³-hybridized carbons (Fsp3) is 0.385. The summed E-state index contributed by atoms with van der Waals surface area (Å²) < 4.78 is 0. The molecule has 2 heteroatoms. The maximum Gasteiger partial charge on any atom is 0.0574 e. The summed E-state index contributed by atoms with van der Waals surface area (Å²) >= 11 is 0. The van der Waals surface area contributed by atoms with E-state index in [9.17, 15) is 0 Å². The van der Waals surface area contributed by atoms with Gasteiger partial charge in [-0.3, -0.25) is 0 Å². The van der Waals surface area contributed by atoms with Crippen molar-refractivity contribution < 1.29 is 0 Å². The molecule has 1 heterocycles. The second kappa shape index (κ2) is 4.87. The van der Waals surface area contributed by atoms with E-state index in [1.54, 1.807) is 12.4 Å². The van der Waals surface area contributed by atoms with Crippen molar-refractivity contribution >= 4 is 12.2 Å². The summed E-state index contributed by atoms with van der Waals surface area (Å²) in [5.41, 5.74) is 0.102. The van der Waals surface area contributed by atoms with Crippen molar-refractivity contribution in [1.82, 2.24) is 10.2 Å². The lowest BCUT2D eigenvalue weighted by molar-refractivity contribution is 0.670. The molecule has 80 valence electrons. The summed E-state index contributed by atoms with van der Waals surface area (Å²) in [6, 6.07) is 0. The molecule has 0 atom stereocenters. The van der Waals surface area contributed by atoms with E-state index in [-0.39, 0.29) is 5.41 Å². The van der Waals surface area contributed by atoms with Crippen molar-refractivity contribution in [2.45, 2.75) is 27.7 Å². The maximum absolute atomic E-state index is 3.88. The Morgan fingerprint density at radius 3 is 2.27 bits per heavy atom. The van der Waals surface area contributed by atoms with Gasteiger partial charge in [0.15, 0.2) is 0 Å². The number of hydrogen-bond acceptors (Lipinski definition) is 2. The third-order valence-corrected chi connectivity index (χ3v) is 2.12. The van der Waals surface area contributed by atoms with Crippen molar-refractivity contribution in [3.8, 4) is 0 Å². The highest BCUT2D eigenvalue weighted by atomic mass is 15.1. The number of nitrogens with zero attached hydrogens (tertiary/aromatic N) is 2. The molecular weight excluding hydrogens is 184 g/mol. The molecule has 0 amide bonds. The minimum absolute atomic E-state index is 0.102. The van der Waals surface area contributed by atoms with Gasteiger partial charge in [0, 0.05) is 15.9 Å². The van der Waals surface area contributed by atoms with Gasteiger partial charge in [-0.1, -0.05) is 52.0 Å². The van der Waals surface area contributed by atoms with Crippen LogP contribution < -0.4 is 10.4 Å². The first kappa shape index (κ1) is 11.6. The molecule has 1 aromatic heterocycles. The van der Waals surface area contributed by atoms with E-state index in [0.717, 1.165) is 10.4 Å². The minimum atomic E-state index is 0.102. The Labute approximate surface area is 91.1 Å². The standard InChI is InChI=1S/C11H12N2.C2H6/c1-11(2)5-3-4-9-7-12-13-8-10(9)6-11;1-2/h3-8H,1-2H3;1-2H3. The molecule has 0 radical (unpaired) electrons. The highest BCUT2D eigenvalue weighted by Gasteiger charge is 2.09. The molecule has 0 saturated heterocycles. The number of hydrogen-bond donors (Lipinski definition) is 0. The first-order valence-corrected chi connectivity index (χ1v) is 5.37. The molecule has 0 N–H and O–H groups in total. The SMILES string of the molecule is CC.CC1(C)C=CC=c2cnncc2=C1. The van der Waals surface area contributed by atoms with Gasteiger partial charge in [-0.05, 0) is 0 Å². The van der Waals surface area contributed by atoms with Crippen LogP contribution in [0.4, 0.5) is 0 Å². The van der Waals surface area contributed by atoms with Crippen LogP contribution in [-0.2, 0) is 0 Å². The summed E-state index contributed by atoms with van der Waals surface area (Å²) in [4.78, 5) is 0. The summed E-state index contributed by atoms with van der Waals surface area (Å²) in [6.45, 7) is 8.35. The van der Waals surface area contributed by atoms with E-state index in [1.807, 2.05) is 13.8 Å². The monoisotopic (exact) mass is 202 g/mol. The number of fused-ring (bicyclic) bond motifs is 1. The molecule has 0 bridgehead atoms. The minimum Gasteiger partial charge on any atom is -0.159 e. The summed E-state index contributed by atoms with van der Waals surface area (Å²) in [5.74, 6) is 0. The zero-order valence-electron chi connectivity index (χ0n) is 9.86. The normalized spacial score (nSPS) is 16.0. The molecule has 1 aromatic rings. The summed E-state index contributed by atoms with van der Waals surface area (Å²) in [7, 11) is 0. The Morgan fingerprint density at radius 2 is 1.60 bits per heavy atom. The molecule has 2 rings (SSSR count). The molecule has 0 spiro atoms. The first-order valence-electron chi connectivity index (χ1n) is 5.37. The largest absolute Gasteiger partial charge is 0.159 e. The van der Waals surface area contributed by atoms with E-state index < -0.39 is 0 Å². The van der Waals surface area contributed by atoms with Gasteiger partial charge >= 0.3 is 0 Å². The Hall–Kier alpha value is -1.44. The van der Waals surface area contributed by atoms with Gasteiger partial charge in [-0.25, -0.2) is 0 Å². The predicted octanol–water partition coefficient (Wildman–Crippen LogP) is 1.66. The molecular formula is C13H18N2. The lowest BCUT2D eigenvalue weighted by atomic mass is 9.93. The van der Waals surface area contributed by atoms with Crippen molar-refractivity contribution in [3.05, 3.63) is 35.0 Å². The topological polar surface area (TPSA) is 25.8 Å². The molecule has 0 saturated carbocycles. The van der Waals surface area contributed by atoms with Gasteiger partial charge in [0.2, 0.25) is 0 Å².